The van der Waals surface area contributed by atoms with Crippen LogP contribution in [0.3, 0.4) is 0 Å². The lowest BCUT2D eigenvalue weighted by molar-refractivity contribution is -0.384. The van der Waals surface area contributed by atoms with E-state index in [1.54, 1.807) is 0 Å². The van der Waals surface area contributed by atoms with E-state index in [1.807, 2.05) is 0 Å². The summed E-state index contributed by atoms with van der Waals surface area (Å²) < 4.78 is 8.74. The molecule has 1 heterocycles. The number of thiophene rings is 1. The van der Waals surface area contributed by atoms with Crippen molar-refractivity contribution in [3.8, 4) is 0 Å². The SMILES string of the molecule is COC(=O)/C=C(/O/N=C(\N)c1cc([N+](=O)[O-])cs1)C(=O)OC. The Kier molecular flexibility index (Phi) is 6.01. The molecular formula is C11H11N3O7S. The number of nitrogens with zero attached hydrogens (tertiary/aromatic N) is 2. The second kappa shape index (κ2) is 7.73. The van der Waals surface area contributed by atoms with E-state index in [-0.39, 0.29) is 16.4 Å². The van der Waals surface area contributed by atoms with Crippen LogP contribution < -0.4 is 5.73 Å². The van der Waals surface area contributed by atoms with E-state index in [0.717, 1.165) is 31.6 Å². The third-order valence-electron chi connectivity index (χ3n) is 2.13. The van der Waals surface area contributed by atoms with Crippen molar-refractivity contribution in [2.75, 3.05) is 14.2 Å². The van der Waals surface area contributed by atoms with Gasteiger partial charge in [0.05, 0.1) is 35.5 Å². The average molecular weight is 329 g/mol. The molecule has 2 N–H and O–H groups in total. The first-order valence-corrected chi connectivity index (χ1v) is 6.38. The molecule has 0 radical (unpaired) electrons. The second-order valence-electron chi connectivity index (χ2n) is 3.52. The lowest BCUT2D eigenvalue weighted by Gasteiger charge is -2.03. The number of amidine groups is 1. The minimum atomic E-state index is -0.973. The van der Waals surface area contributed by atoms with Crippen molar-refractivity contribution in [2.24, 2.45) is 10.9 Å². The van der Waals surface area contributed by atoms with Crippen LogP contribution in [0.15, 0.2) is 28.4 Å². The molecule has 1 aromatic heterocycles. The maximum absolute atomic E-state index is 11.4. The van der Waals surface area contributed by atoms with E-state index in [1.165, 1.54) is 11.4 Å². The summed E-state index contributed by atoms with van der Waals surface area (Å²) in [6.07, 6.45) is 0.722. The predicted molar refractivity (Wildman–Crippen MR) is 74.9 cm³/mol. The maximum atomic E-state index is 11.4. The Morgan fingerprint density at radius 1 is 1.41 bits per heavy atom. The van der Waals surface area contributed by atoms with Gasteiger partial charge in [-0.15, -0.1) is 11.3 Å². The second-order valence-corrected chi connectivity index (χ2v) is 4.43. The zero-order valence-corrected chi connectivity index (χ0v) is 12.3. The van der Waals surface area contributed by atoms with Crippen molar-refractivity contribution in [3.63, 3.8) is 0 Å². The first-order valence-electron chi connectivity index (χ1n) is 5.50. The molecule has 1 rings (SSSR count). The zero-order chi connectivity index (χ0) is 16.7. The van der Waals surface area contributed by atoms with E-state index in [9.17, 15) is 19.7 Å². The van der Waals surface area contributed by atoms with Crippen LogP contribution in [0.2, 0.25) is 0 Å². The van der Waals surface area contributed by atoms with Gasteiger partial charge in [-0.1, -0.05) is 5.16 Å². The Hall–Kier alpha value is -2.95. The number of methoxy groups -OCH3 is 2. The monoisotopic (exact) mass is 329 g/mol. The predicted octanol–water partition coefficient (Wildman–Crippen LogP) is 0.523. The van der Waals surface area contributed by atoms with Crippen molar-refractivity contribution in [1.29, 1.82) is 0 Å². The van der Waals surface area contributed by atoms with Gasteiger partial charge in [-0.25, -0.2) is 9.59 Å². The van der Waals surface area contributed by atoms with Gasteiger partial charge in [-0.05, 0) is 0 Å². The van der Waals surface area contributed by atoms with Crippen LogP contribution in [0.5, 0.6) is 0 Å². The molecular weight excluding hydrogens is 318 g/mol. The molecule has 10 nitrogen and oxygen atoms in total. The quantitative estimate of drug-likeness (QED) is 0.151. The molecule has 0 aliphatic carbocycles. The molecule has 0 bridgehead atoms. The Morgan fingerprint density at radius 3 is 2.59 bits per heavy atom. The molecule has 0 amide bonds. The molecule has 1 aromatic rings. The molecule has 0 saturated carbocycles. The van der Waals surface area contributed by atoms with Crippen LogP contribution in [0.1, 0.15) is 4.88 Å². The first-order chi connectivity index (χ1) is 10.4. The highest BCUT2D eigenvalue weighted by Gasteiger charge is 2.16. The molecule has 0 saturated heterocycles. The van der Waals surface area contributed by atoms with Gasteiger partial charge in [0.1, 0.15) is 0 Å². The minimum Gasteiger partial charge on any atom is -0.466 e. The fourth-order valence-corrected chi connectivity index (χ4v) is 1.84. The molecule has 0 spiro atoms. The number of carbonyl (C=O) groups excluding carboxylic acids is 2. The third kappa shape index (κ3) is 4.56. The highest BCUT2D eigenvalue weighted by molar-refractivity contribution is 7.12. The average Bonchev–Trinajstić information content (AvgIpc) is 3.00. The van der Waals surface area contributed by atoms with Crippen molar-refractivity contribution in [3.05, 3.63) is 38.3 Å². The number of nitrogens with two attached hydrogens (primary N) is 1. The van der Waals surface area contributed by atoms with Gasteiger partial charge in [0.25, 0.3) is 5.69 Å². The molecule has 0 atom stereocenters. The number of hydrogen-bond acceptors (Lipinski definition) is 9. The fraction of sp³-hybridized carbons (Fsp3) is 0.182. The molecule has 118 valence electrons. The Morgan fingerprint density at radius 2 is 2.09 bits per heavy atom. The Bertz CT molecular complexity index is 650. The highest BCUT2D eigenvalue weighted by atomic mass is 32.1. The van der Waals surface area contributed by atoms with Gasteiger partial charge in [0, 0.05) is 6.07 Å². The fourth-order valence-electron chi connectivity index (χ4n) is 1.09. The van der Waals surface area contributed by atoms with Crippen molar-refractivity contribution in [2.45, 2.75) is 0 Å². The third-order valence-corrected chi connectivity index (χ3v) is 3.07. The minimum absolute atomic E-state index is 0.156. The van der Waals surface area contributed by atoms with E-state index in [4.69, 9.17) is 10.6 Å². The van der Waals surface area contributed by atoms with Crippen molar-refractivity contribution < 1.29 is 28.8 Å². The van der Waals surface area contributed by atoms with Crippen LogP contribution in [-0.2, 0) is 23.9 Å². The van der Waals surface area contributed by atoms with E-state index in [2.05, 4.69) is 14.6 Å². The van der Waals surface area contributed by atoms with Crippen LogP contribution in [0.4, 0.5) is 5.69 Å². The molecule has 0 aromatic carbocycles. The summed E-state index contributed by atoms with van der Waals surface area (Å²) in [6.45, 7) is 0. The van der Waals surface area contributed by atoms with Gasteiger partial charge in [0.2, 0.25) is 5.76 Å². The van der Waals surface area contributed by atoms with Crippen LogP contribution in [-0.4, -0.2) is 36.9 Å². The molecule has 22 heavy (non-hydrogen) atoms. The number of carbonyl (C=O) groups is 2. The normalized spacial score (nSPS) is 11.7. The molecule has 0 unspecified atom stereocenters. The standard InChI is InChI=1S/C11H11N3O7S/c1-19-9(15)4-7(11(16)20-2)21-13-10(12)8-3-6(5-22-8)14(17)18/h3-5H,1-2H3,(H2,12,13)/b7-4+. The number of hydrogen-bond donors (Lipinski definition) is 1. The van der Waals surface area contributed by atoms with Gasteiger partial charge in [-0.3, -0.25) is 10.1 Å². The zero-order valence-electron chi connectivity index (χ0n) is 11.5. The number of nitro groups is 1. The summed E-state index contributed by atoms with van der Waals surface area (Å²) in [4.78, 5) is 37.5. The summed E-state index contributed by atoms with van der Waals surface area (Å²) in [6, 6.07) is 1.19. The van der Waals surface area contributed by atoms with Crippen LogP contribution in [0.25, 0.3) is 0 Å². The number of esters is 2. The molecule has 0 fully saturated rings. The summed E-state index contributed by atoms with van der Waals surface area (Å²) in [5.41, 5.74) is 5.42. The van der Waals surface area contributed by atoms with E-state index in [0.29, 0.717) is 0 Å². The Balaban J connectivity index is 2.93. The van der Waals surface area contributed by atoms with Crippen molar-refractivity contribution >= 4 is 34.8 Å². The lowest BCUT2D eigenvalue weighted by Crippen LogP contribution is -2.15. The topological polar surface area (TPSA) is 143 Å². The molecule has 0 aliphatic heterocycles. The number of ether oxygens (including phenoxy) is 2. The highest BCUT2D eigenvalue weighted by Crippen LogP contribution is 2.21. The Labute approximate surface area is 127 Å². The molecule has 0 aliphatic rings. The smallest absolute Gasteiger partial charge is 0.377 e. The van der Waals surface area contributed by atoms with Crippen LogP contribution >= 0.6 is 11.3 Å². The number of rotatable bonds is 6. The van der Waals surface area contributed by atoms with Gasteiger partial charge >= 0.3 is 11.9 Å². The summed E-state index contributed by atoms with van der Waals surface area (Å²) >= 11 is 0.965. The lowest BCUT2D eigenvalue weighted by atomic mass is 10.4. The summed E-state index contributed by atoms with van der Waals surface area (Å²) in [7, 11) is 2.18. The largest absolute Gasteiger partial charge is 0.466 e. The maximum Gasteiger partial charge on any atom is 0.377 e. The van der Waals surface area contributed by atoms with E-state index >= 15 is 0 Å². The van der Waals surface area contributed by atoms with Gasteiger partial charge < -0.3 is 20.0 Å². The van der Waals surface area contributed by atoms with Crippen LogP contribution in [0, 0.1) is 10.1 Å². The molecule has 11 heteroatoms. The van der Waals surface area contributed by atoms with Gasteiger partial charge in [0.15, 0.2) is 5.84 Å². The van der Waals surface area contributed by atoms with Crippen molar-refractivity contribution in [1.82, 2.24) is 0 Å². The summed E-state index contributed by atoms with van der Waals surface area (Å²) in [5, 5.41) is 15.3. The number of oxime groups is 1. The first kappa shape index (κ1) is 17.1. The summed E-state index contributed by atoms with van der Waals surface area (Å²) in [5.74, 6) is -2.60. The van der Waals surface area contributed by atoms with Gasteiger partial charge in [-0.2, -0.15) is 0 Å². The van der Waals surface area contributed by atoms with E-state index < -0.39 is 22.6 Å².